The molecule has 0 aromatic heterocycles. The molecular weight excluding hydrogens is 240 g/mol. The number of aliphatic imine (C=N–C) groups is 1. The summed E-state index contributed by atoms with van der Waals surface area (Å²) in [6.45, 7) is 4.23. The van der Waals surface area contributed by atoms with Gasteiger partial charge in [0.05, 0.1) is 12.1 Å². The highest BCUT2D eigenvalue weighted by Crippen LogP contribution is 2.24. The zero-order valence-electron chi connectivity index (χ0n) is 9.40. The van der Waals surface area contributed by atoms with Crippen molar-refractivity contribution in [3.8, 4) is 0 Å². The van der Waals surface area contributed by atoms with E-state index in [0.717, 1.165) is 21.5 Å². The lowest BCUT2D eigenvalue weighted by Crippen LogP contribution is -2.23. The predicted molar refractivity (Wildman–Crippen MR) is 72.4 cm³/mol. The van der Waals surface area contributed by atoms with Crippen molar-refractivity contribution in [3.05, 3.63) is 34.9 Å². The van der Waals surface area contributed by atoms with Gasteiger partial charge in [-0.1, -0.05) is 41.6 Å². The van der Waals surface area contributed by atoms with Crippen molar-refractivity contribution in [2.24, 2.45) is 4.99 Å². The van der Waals surface area contributed by atoms with Gasteiger partial charge in [-0.25, -0.2) is 0 Å². The molecule has 86 valence electrons. The second-order valence-electron chi connectivity index (χ2n) is 3.98. The van der Waals surface area contributed by atoms with Gasteiger partial charge in [-0.3, -0.25) is 4.99 Å². The molecular formula is C12H15ClN2S. The molecule has 1 N–H and O–H groups in total. The van der Waals surface area contributed by atoms with Crippen molar-refractivity contribution in [3.63, 3.8) is 0 Å². The second-order valence-corrected chi connectivity index (χ2v) is 5.40. The summed E-state index contributed by atoms with van der Waals surface area (Å²) >= 11 is 7.92. The molecule has 4 heteroatoms. The number of hydrogen-bond acceptors (Lipinski definition) is 3. The van der Waals surface area contributed by atoms with Crippen LogP contribution in [-0.4, -0.2) is 17.0 Å². The Labute approximate surface area is 105 Å². The van der Waals surface area contributed by atoms with E-state index in [4.69, 9.17) is 11.6 Å². The highest BCUT2D eigenvalue weighted by molar-refractivity contribution is 8.14. The van der Waals surface area contributed by atoms with E-state index >= 15 is 0 Å². The third kappa shape index (κ3) is 2.71. The highest BCUT2D eigenvalue weighted by atomic mass is 35.5. The van der Waals surface area contributed by atoms with Crippen molar-refractivity contribution in [2.45, 2.75) is 25.9 Å². The van der Waals surface area contributed by atoms with Crippen LogP contribution in [0.1, 0.15) is 25.5 Å². The van der Waals surface area contributed by atoms with Gasteiger partial charge in [0.25, 0.3) is 0 Å². The summed E-state index contributed by atoms with van der Waals surface area (Å²) in [6.07, 6.45) is 0. The maximum atomic E-state index is 6.15. The lowest BCUT2D eigenvalue weighted by atomic mass is 10.1. The molecule has 0 amide bonds. The Balaban J connectivity index is 2.06. The van der Waals surface area contributed by atoms with Gasteiger partial charge in [0.2, 0.25) is 0 Å². The number of amidine groups is 1. The van der Waals surface area contributed by atoms with Gasteiger partial charge >= 0.3 is 0 Å². The van der Waals surface area contributed by atoms with Gasteiger partial charge < -0.3 is 5.32 Å². The molecule has 1 aliphatic rings. The van der Waals surface area contributed by atoms with Crippen LogP contribution < -0.4 is 5.32 Å². The summed E-state index contributed by atoms with van der Waals surface area (Å²) in [7, 11) is 0. The lowest BCUT2D eigenvalue weighted by Gasteiger charge is -2.16. The molecule has 16 heavy (non-hydrogen) atoms. The fraction of sp³-hybridized carbons (Fsp3) is 0.417. The van der Waals surface area contributed by atoms with Crippen molar-refractivity contribution in [2.75, 3.05) is 5.75 Å². The summed E-state index contributed by atoms with van der Waals surface area (Å²) in [4.78, 5) is 4.51. The van der Waals surface area contributed by atoms with Crippen LogP contribution in [0.25, 0.3) is 0 Å². The largest absolute Gasteiger partial charge is 0.358 e. The molecule has 0 saturated carbocycles. The van der Waals surface area contributed by atoms with Crippen molar-refractivity contribution >= 4 is 28.5 Å². The first-order valence-corrected chi connectivity index (χ1v) is 6.74. The normalized spacial score (nSPS) is 21.7. The van der Waals surface area contributed by atoms with Gasteiger partial charge in [-0.15, -0.1) is 0 Å². The number of nitrogens with one attached hydrogen (secondary N) is 1. The maximum absolute atomic E-state index is 6.15. The molecule has 0 fully saturated rings. The van der Waals surface area contributed by atoms with Gasteiger partial charge in [-0.2, -0.15) is 0 Å². The molecule has 1 aliphatic heterocycles. The SMILES string of the molecule is CC1CSC(NC(C)c2ccccc2Cl)=N1. The highest BCUT2D eigenvalue weighted by Gasteiger charge is 2.17. The Hall–Kier alpha value is -0.670. The number of halogens is 1. The fourth-order valence-corrected chi connectivity index (χ4v) is 2.93. The number of rotatable bonds is 2. The van der Waals surface area contributed by atoms with Crippen LogP contribution in [0.3, 0.4) is 0 Å². The average molecular weight is 255 g/mol. The van der Waals surface area contributed by atoms with Crippen LogP contribution in [0, 0.1) is 0 Å². The molecule has 2 nitrogen and oxygen atoms in total. The number of hydrogen-bond donors (Lipinski definition) is 1. The second kappa shape index (κ2) is 5.11. The Morgan fingerprint density at radius 2 is 2.25 bits per heavy atom. The van der Waals surface area contributed by atoms with E-state index in [-0.39, 0.29) is 6.04 Å². The van der Waals surface area contributed by atoms with Gasteiger partial charge in [0.1, 0.15) is 0 Å². The monoisotopic (exact) mass is 254 g/mol. The summed E-state index contributed by atoms with van der Waals surface area (Å²) in [5.74, 6) is 1.07. The Kier molecular flexibility index (Phi) is 3.77. The van der Waals surface area contributed by atoms with Crippen molar-refractivity contribution in [1.82, 2.24) is 5.32 Å². The summed E-state index contributed by atoms with van der Waals surface area (Å²) in [5.41, 5.74) is 1.12. The van der Waals surface area contributed by atoms with Crippen LogP contribution in [0.2, 0.25) is 5.02 Å². The van der Waals surface area contributed by atoms with Crippen LogP contribution in [0.15, 0.2) is 29.3 Å². The topological polar surface area (TPSA) is 24.4 Å². The quantitative estimate of drug-likeness (QED) is 0.874. The maximum Gasteiger partial charge on any atom is 0.157 e. The Morgan fingerprint density at radius 3 is 2.88 bits per heavy atom. The van der Waals surface area contributed by atoms with E-state index in [1.807, 2.05) is 24.3 Å². The molecule has 1 aromatic carbocycles. The number of nitrogens with zero attached hydrogens (tertiary/aromatic N) is 1. The first-order valence-electron chi connectivity index (χ1n) is 5.38. The zero-order chi connectivity index (χ0) is 11.5. The third-order valence-electron chi connectivity index (χ3n) is 2.51. The van der Waals surface area contributed by atoms with E-state index in [2.05, 4.69) is 24.2 Å². The molecule has 2 unspecified atom stereocenters. The van der Waals surface area contributed by atoms with E-state index in [9.17, 15) is 0 Å². The minimum atomic E-state index is 0.199. The summed E-state index contributed by atoms with van der Waals surface area (Å²) < 4.78 is 0. The van der Waals surface area contributed by atoms with E-state index in [0.29, 0.717) is 6.04 Å². The van der Waals surface area contributed by atoms with Crippen molar-refractivity contribution < 1.29 is 0 Å². The average Bonchev–Trinajstić information content (AvgIpc) is 2.64. The molecule has 1 aromatic rings. The van der Waals surface area contributed by atoms with Crippen LogP contribution in [0.4, 0.5) is 0 Å². The van der Waals surface area contributed by atoms with Gasteiger partial charge in [0.15, 0.2) is 5.17 Å². The predicted octanol–water partition coefficient (Wildman–Crippen LogP) is 3.48. The van der Waals surface area contributed by atoms with Crippen LogP contribution in [-0.2, 0) is 0 Å². The smallest absolute Gasteiger partial charge is 0.157 e. The minimum absolute atomic E-state index is 0.199. The number of benzene rings is 1. The molecule has 2 atom stereocenters. The van der Waals surface area contributed by atoms with Crippen molar-refractivity contribution in [1.29, 1.82) is 0 Å². The minimum Gasteiger partial charge on any atom is -0.358 e. The van der Waals surface area contributed by atoms with Crippen LogP contribution >= 0.6 is 23.4 Å². The summed E-state index contributed by atoms with van der Waals surface area (Å²) in [5, 5.41) is 5.23. The fourth-order valence-electron chi connectivity index (χ4n) is 1.64. The summed E-state index contributed by atoms with van der Waals surface area (Å²) in [6, 6.07) is 8.54. The molecule has 1 heterocycles. The molecule has 0 bridgehead atoms. The molecule has 0 radical (unpaired) electrons. The first kappa shape index (κ1) is 11.8. The van der Waals surface area contributed by atoms with Gasteiger partial charge in [-0.05, 0) is 25.5 Å². The molecule has 0 spiro atoms. The van der Waals surface area contributed by atoms with Crippen LogP contribution in [0.5, 0.6) is 0 Å². The van der Waals surface area contributed by atoms with E-state index < -0.39 is 0 Å². The lowest BCUT2D eigenvalue weighted by molar-refractivity contribution is 0.718. The van der Waals surface area contributed by atoms with E-state index in [1.54, 1.807) is 11.8 Å². The van der Waals surface area contributed by atoms with Gasteiger partial charge in [0, 0.05) is 10.8 Å². The standard InChI is InChI=1S/C12H15ClN2S/c1-8-7-16-12(14-8)15-9(2)10-5-3-4-6-11(10)13/h3-6,8-9H,7H2,1-2H3,(H,14,15). The third-order valence-corrected chi connectivity index (χ3v) is 4.00. The zero-order valence-corrected chi connectivity index (χ0v) is 11.0. The molecule has 0 aliphatic carbocycles. The van der Waals surface area contributed by atoms with E-state index in [1.165, 1.54) is 0 Å². The Morgan fingerprint density at radius 1 is 1.50 bits per heavy atom. The number of thioether (sulfide) groups is 1. The molecule has 0 saturated heterocycles. The Bertz CT molecular complexity index is 406. The first-order chi connectivity index (χ1) is 7.66. The molecule has 2 rings (SSSR count).